The Morgan fingerprint density at radius 1 is 1.69 bits per heavy atom. The molecule has 1 rings (SSSR count). The van der Waals surface area contributed by atoms with Crippen LogP contribution in [0.1, 0.15) is 6.92 Å². The number of morpholine rings is 1. The lowest BCUT2D eigenvalue weighted by molar-refractivity contribution is -0.176. The SMILES string of the molecule is CON(C)C(=O)[C@H]1NCCO[C@@H]1C. The lowest BCUT2D eigenvalue weighted by atomic mass is 10.1. The third-order valence-corrected chi connectivity index (χ3v) is 2.17. The topological polar surface area (TPSA) is 50.8 Å². The fourth-order valence-electron chi connectivity index (χ4n) is 1.30. The van der Waals surface area contributed by atoms with Gasteiger partial charge in [0.25, 0.3) is 5.91 Å². The Morgan fingerprint density at radius 3 is 2.92 bits per heavy atom. The van der Waals surface area contributed by atoms with Gasteiger partial charge in [-0.2, -0.15) is 0 Å². The summed E-state index contributed by atoms with van der Waals surface area (Å²) in [5.74, 6) is -0.102. The van der Waals surface area contributed by atoms with Gasteiger partial charge in [-0.25, -0.2) is 5.06 Å². The number of hydroxylamine groups is 2. The van der Waals surface area contributed by atoms with Crippen LogP contribution in [-0.2, 0) is 14.4 Å². The van der Waals surface area contributed by atoms with Crippen LogP contribution in [-0.4, -0.2) is 50.4 Å². The van der Waals surface area contributed by atoms with Crippen molar-refractivity contribution in [1.82, 2.24) is 10.4 Å². The van der Waals surface area contributed by atoms with Crippen LogP contribution in [0.2, 0.25) is 0 Å². The highest BCUT2D eigenvalue weighted by atomic mass is 16.7. The summed E-state index contributed by atoms with van der Waals surface area (Å²) < 4.78 is 5.34. The molecule has 1 aliphatic heterocycles. The van der Waals surface area contributed by atoms with E-state index in [0.717, 1.165) is 0 Å². The van der Waals surface area contributed by atoms with E-state index in [2.05, 4.69) is 5.32 Å². The molecule has 1 fully saturated rings. The first-order chi connectivity index (χ1) is 6.16. The van der Waals surface area contributed by atoms with Gasteiger partial charge in [-0.15, -0.1) is 0 Å². The maximum Gasteiger partial charge on any atom is 0.265 e. The van der Waals surface area contributed by atoms with Crippen LogP contribution in [0.5, 0.6) is 0 Å². The summed E-state index contributed by atoms with van der Waals surface area (Å²) in [5.41, 5.74) is 0. The minimum atomic E-state index is -0.293. The van der Waals surface area contributed by atoms with E-state index in [0.29, 0.717) is 13.2 Å². The second-order valence-electron chi connectivity index (χ2n) is 3.03. The number of hydrogen-bond acceptors (Lipinski definition) is 4. The molecule has 1 saturated heterocycles. The van der Waals surface area contributed by atoms with E-state index in [1.165, 1.54) is 12.2 Å². The lowest BCUT2D eigenvalue weighted by Crippen LogP contribution is -2.55. The summed E-state index contributed by atoms with van der Waals surface area (Å²) in [6.45, 7) is 3.23. The first-order valence-electron chi connectivity index (χ1n) is 4.33. The molecule has 5 heteroatoms. The van der Waals surface area contributed by atoms with Gasteiger partial charge in [-0.05, 0) is 6.92 Å². The third kappa shape index (κ3) is 2.40. The molecule has 0 aliphatic carbocycles. The number of nitrogens with one attached hydrogen (secondary N) is 1. The smallest absolute Gasteiger partial charge is 0.265 e. The van der Waals surface area contributed by atoms with Crippen molar-refractivity contribution >= 4 is 5.91 Å². The monoisotopic (exact) mass is 188 g/mol. The maximum atomic E-state index is 11.6. The molecule has 13 heavy (non-hydrogen) atoms. The molecule has 0 spiro atoms. The largest absolute Gasteiger partial charge is 0.375 e. The Labute approximate surface area is 77.9 Å². The Kier molecular flexibility index (Phi) is 3.65. The molecule has 0 aromatic heterocycles. The molecule has 1 aliphatic rings. The Bertz CT molecular complexity index is 186. The second-order valence-corrected chi connectivity index (χ2v) is 3.03. The van der Waals surface area contributed by atoms with Gasteiger partial charge in [-0.3, -0.25) is 9.63 Å². The van der Waals surface area contributed by atoms with Crippen molar-refractivity contribution in [1.29, 1.82) is 0 Å². The van der Waals surface area contributed by atoms with E-state index < -0.39 is 0 Å². The van der Waals surface area contributed by atoms with Crippen molar-refractivity contribution in [3.8, 4) is 0 Å². The van der Waals surface area contributed by atoms with E-state index in [1.807, 2.05) is 6.92 Å². The van der Waals surface area contributed by atoms with Crippen LogP contribution in [0.25, 0.3) is 0 Å². The molecule has 1 heterocycles. The Balaban J connectivity index is 2.53. The number of nitrogens with zero attached hydrogens (tertiary/aromatic N) is 1. The van der Waals surface area contributed by atoms with Gasteiger partial charge in [0.2, 0.25) is 0 Å². The normalized spacial score (nSPS) is 28.5. The first-order valence-corrected chi connectivity index (χ1v) is 4.33. The summed E-state index contributed by atoms with van der Waals surface area (Å²) >= 11 is 0. The maximum absolute atomic E-state index is 11.6. The van der Waals surface area contributed by atoms with Gasteiger partial charge in [0.05, 0.1) is 19.8 Å². The molecular formula is C8H16N2O3. The fraction of sp³-hybridized carbons (Fsp3) is 0.875. The molecule has 0 unspecified atom stereocenters. The number of ether oxygens (including phenoxy) is 1. The fourth-order valence-corrected chi connectivity index (χ4v) is 1.30. The first kappa shape index (κ1) is 10.4. The number of carbonyl (C=O) groups is 1. The predicted molar refractivity (Wildman–Crippen MR) is 47.0 cm³/mol. The van der Waals surface area contributed by atoms with Crippen LogP contribution in [0.15, 0.2) is 0 Å². The van der Waals surface area contributed by atoms with E-state index in [4.69, 9.17) is 9.57 Å². The molecule has 76 valence electrons. The van der Waals surface area contributed by atoms with Crippen molar-refractivity contribution in [2.75, 3.05) is 27.3 Å². The van der Waals surface area contributed by atoms with Crippen molar-refractivity contribution < 1.29 is 14.4 Å². The average molecular weight is 188 g/mol. The van der Waals surface area contributed by atoms with Crippen molar-refractivity contribution in [3.63, 3.8) is 0 Å². The summed E-state index contributed by atoms with van der Waals surface area (Å²) in [4.78, 5) is 16.4. The molecule has 5 nitrogen and oxygen atoms in total. The lowest BCUT2D eigenvalue weighted by Gasteiger charge is -2.31. The van der Waals surface area contributed by atoms with Crippen molar-refractivity contribution in [3.05, 3.63) is 0 Å². The second kappa shape index (κ2) is 4.55. The van der Waals surface area contributed by atoms with Gasteiger partial charge in [0.1, 0.15) is 6.04 Å². The summed E-state index contributed by atoms with van der Waals surface area (Å²) in [6, 6.07) is -0.293. The number of rotatable bonds is 2. The average Bonchev–Trinajstić information content (AvgIpc) is 2.16. The highest BCUT2D eigenvalue weighted by Crippen LogP contribution is 2.06. The summed E-state index contributed by atoms with van der Waals surface area (Å²) in [7, 11) is 3.05. The van der Waals surface area contributed by atoms with Crippen LogP contribution in [0.3, 0.4) is 0 Å². The predicted octanol–water partition coefficient (Wildman–Crippen LogP) is -0.617. The zero-order valence-electron chi connectivity index (χ0n) is 8.24. The van der Waals surface area contributed by atoms with E-state index >= 15 is 0 Å². The molecular weight excluding hydrogens is 172 g/mol. The van der Waals surface area contributed by atoms with Crippen LogP contribution in [0, 0.1) is 0 Å². The van der Waals surface area contributed by atoms with Gasteiger partial charge < -0.3 is 10.1 Å². The quantitative estimate of drug-likeness (QED) is 0.587. The van der Waals surface area contributed by atoms with Crippen LogP contribution >= 0.6 is 0 Å². The van der Waals surface area contributed by atoms with Gasteiger partial charge in [0, 0.05) is 13.6 Å². The molecule has 0 aromatic carbocycles. The molecule has 0 radical (unpaired) electrons. The molecule has 0 aromatic rings. The highest BCUT2D eigenvalue weighted by molar-refractivity contribution is 5.81. The van der Waals surface area contributed by atoms with Gasteiger partial charge >= 0.3 is 0 Å². The number of likely N-dealkylation sites (N-methyl/N-ethyl adjacent to an activating group) is 1. The number of amides is 1. The summed E-state index contributed by atoms with van der Waals surface area (Å²) in [6.07, 6.45) is -0.0983. The molecule has 0 saturated carbocycles. The minimum Gasteiger partial charge on any atom is -0.375 e. The zero-order valence-corrected chi connectivity index (χ0v) is 8.24. The Morgan fingerprint density at radius 2 is 2.38 bits per heavy atom. The van der Waals surface area contributed by atoms with E-state index in [9.17, 15) is 4.79 Å². The van der Waals surface area contributed by atoms with Crippen LogP contribution < -0.4 is 5.32 Å². The standard InChI is InChI=1S/C8H16N2O3/c1-6-7(9-4-5-13-6)8(11)10(2)12-3/h6-7,9H,4-5H2,1-3H3/t6-,7+/m1/s1. The molecule has 1 N–H and O–H groups in total. The number of carbonyl (C=O) groups excluding carboxylic acids is 1. The third-order valence-electron chi connectivity index (χ3n) is 2.17. The zero-order chi connectivity index (χ0) is 9.84. The van der Waals surface area contributed by atoms with Crippen LogP contribution in [0.4, 0.5) is 0 Å². The minimum absolute atomic E-state index is 0.0983. The molecule has 1 amide bonds. The molecule has 0 bridgehead atoms. The molecule has 2 atom stereocenters. The van der Waals surface area contributed by atoms with Crippen molar-refractivity contribution in [2.24, 2.45) is 0 Å². The van der Waals surface area contributed by atoms with E-state index in [1.54, 1.807) is 7.05 Å². The van der Waals surface area contributed by atoms with E-state index in [-0.39, 0.29) is 18.1 Å². The van der Waals surface area contributed by atoms with Gasteiger partial charge in [-0.1, -0.05) is 0 Å². The Hall–Kier alpha value is -0.650. The van der Waals surface area contributed by atoms with Crippen molar-refractivity contribution in [2.45, 2.75) is 19.1 Å². The number of hydrogen-bond donors (Lipinski definition) is 1. The van der Waals surface area contributed by atoms with Gasteiger partial charge in [0.15, 0.2) is 0 Å². The highest BCUT2D eigenvalue weighted by Gasteiger charge is 2.30. The summed E-state index contributed by atoms with van der Waals surface area (Å²) in [5, 5.41) is 4.30.